The molecule has 1 amide bonds. The molecule has 0 aliphatic carbocycles. The zero-order chi connectivity index (χ0) is 14.6. The smallest absolute Gasteiger partial charge is 0.305 e. The highest BCUT2D eigenvalue weighted by atomic mass is 35.5. The van der Waals surface area contributed by atoms with E-state index in [1.807, 2.05) is 26.8 Å². The number of aliphatic carboxylic acids is 1. The van der Waals surface area contributed by atoms with Crippen molar-refractivity contribution in [1.82, 2.24) is 5.32 Å². The molecule has 0 fully saturated rings. The number of hydrogen-bond donors (Lipinski definition) is 2. The Bertz CT molecular complexity index is 486. The third kappa shape index (κ3) is 4.24. The van der Waals surface area contributed by atoms with E-state index in [1.165, 1.54) is 0 Å². The molecule has 104 valence electrons. The zero-order valence-corrected chi connectivity index (χ0v) is 12.0. The van der Waals surface area contributed by atoms with Crippen molar-refractivity contribution in [3.05, 3.63) is 34.3 Å². The Kier molecular flexibility index (Phi) is 5.36. The molecule has 0 saturated heterocycles. The summed E-state index contributed by atoms with van der Waals surface area (Å²) in [7, 11) is 0. The number of carbonyl (C=O) groups excluding carboxylic acids is 1. The van der Waals surface area contributed by atoms with Gasteiger partial charge in [-0.15, -0.1) is 0 Å². The van der Waals surface area contributed by atoms with Crippen LogP contribution in [0.2, 0.25) is 5.02 Å². The molecule has 0 aromatic heterocycles. The van der Waals surface area contributed by atoms with Crippen LogP contribution in [-0.2, 0) is 4.79 Å². The van der Waals surface area contributed by atoms with E-state index in [2.05, 4.69) is 5.32 Å². The van der Waals surface area contributed by atoms with E-state index in [0.717, 1.165) is 5.56 Å². The van der Waals surface area contributed by atoms with Crippen LogP contribution in [0.1, 0.15) is 36.2 Å². The highest BCUT2D eigenvalue weighted by Crippen LogP contribution is 2.20. The molecule has 0 aliphatic rings. The second-order valence-electron chi connectivity index (χ2n) is 4.86. The SMILES string of the molecule is Cc1cccc(C(=O)NC(CC(=O)O)C(C)C)c1Cl. The molecule has 4 nitrogen and oxygen atoms in total. The minimum Gasteiger partial charge on any atom is -0.481 e. The summed E-state index contributed by atoms with van der Waals surface area (Å²) in [5, 5.41) is 12.0. The molecule has 0 heterocycles. The van der Waals surface area contributed by atoms with Crippen molar-refractivity contribution in [3.63, 3.8) is 0 Å². The molecular weight excluding hydrogens is 266 g/mol. The van der Waals surface area contributed by atoms with Gasteiger partial charge in [-0.3, -0.25) is 9.59 Å². The van der Waals surface area contributed by atoms with Crippen LogP contribution in [0, 0.1) is 12.8 Å². The fourth-order valence-electron chi connectivity index (χ4n) is 1.71. The van der Waals surface area contributed by atoms with Gasteiger partial charge in [0.15, 0.2) is 0 Å². The van der Waals surface area contributed by atoms with Gasteiger partial charge in [-0.25, -0.2) is 0 Å². The number of nitrogens with one attached hydrogen (secondary N) is 1. The first-order chi connectivity index (χ1) is 8.82. The van der Waals surface area contributed by atoms with Crippen molar-refractivity contribution < 1.29 is 14.7 Å². The number of carboxylic acids is 1. The van der Waals surface area contributed by atoms with E-state index in [-0.39, 0.29) is 18.2 Å². The topological polar surface area (TPSA) is 66.4 Å². The first-order valence-electron chi connectivity index (χ1n) is 6.10. The predicted molar refractivity (Wildman–Crippen MR) is 74.5 cm³/mol. The Morgan fingerprint density at radius 2 is 2.00 bits per heavy atom. The fraction of sp³-hybridized carbons (Fsp3) is 0.429. The molecule has 0 spiro atoms. The number of hydrogen-bond acceptors (Lipinski definition) is 2. The second-order valence-corrected chi connectivity index (χ2v) is 5.24. The first-order valence-corrected chi connectivity index (χ1v) is 6.48. The lowest BCUT2D eigenvalue weighted by molar-refractivity contribution is -0.137. The van der Waals surface area contributed by atoms with Crippen LogP contribution in [0.5, 0.6) is 0 Å². The van der Waals surface area contributed by atoms with Crippen LogP contribution >= 0.6 is 11.6 Å². The van der Waals surface area contributed by atoms with Crippen molar-refractivity contribution in [2.24, 2.45) is 5.92 Å². The van der Waals surface area contributed by atoms with Crippen LogP contribution in [0.15, 0.2) is 18.2 Å². The Balaban J connectivity index is 2.88. The third-order valence-electron chi connectivity index (χ3n) is 2.95. The molecule has 1 unspecified atom stereocenters. The maximum absolute atomic E-state index is 12.1. The number of halogens is 1. The van der Waals surface area contributed by atoms with E-state index in [0.29, 0.717) is 10.6 Å². The fourth-order valence-corrected chi connectivity index (χ4v) is 1.92. The summed E-state index contributed by atoms with van der Waals surface area (Å²) in [4.78, 5) is 22.9. The molecule has 5 heteroatoms. The van der Waals surface area contributed by atoms with Gasteiger partial charge in [0.05, 0.1) is 17.0 Å². The number of rotatable bonds is 5. The van der Waals surface area contributed by atoms with Crippen molar-refractivity contribution in [1.29, 1.82) is 0 Å². The van der Waals surface area contributed by atoms with Crippen molar-refractivity contribution in [2.75, 3.05) is 0 Å². The number of amides is 1. The summed E-state index contributed by atoms with van der Waals surface area (Å²) < 4.78 is 0. The largest absolute Gasteiger partial charge is 0.481 e. The molecule has 1 rings (SSSR count). The summed E-state index contributed by atoms with van der Waals surface area (Å²) in [6.45, 7) is 5.55. The van der Waals surface area contributed by atoms with Crippen LogP contribution in [-0.4, -0.2) is 23.0 Å². The molecule has 19 heavy (non-hydrogen) atoms. The van der Waals surface area contributed by atoms with E-state index >= 15 is 0 Å². The molecule has 0 saturated carbocycles. The molecule has 0 bridgehead atoms. The average Bonchev–Trinajstić information content (AvgIpc) is 2.31. The van der Waals surface area contributed by atoms with Crippen LogP contribution < -0.4 is 5.32 Å². The molecule has 1 atom stereocenters. The molecular formula is C14H18ClNO3. The predicted octanol–water partition coefficient (Wildman–Crippen LogP) is 2.88. The van der Waals surface area contributed by atoms with Gasteiger partial charge in [0.1, 0.15) is 0 Å². The summed E-state index contributed by atoms with van der Waals surface area (Å²) >= 11 is 6.08. The van der Waals surface area contributed by atoms with Gasteiger partial charge in [-0.2, -0.15) is 0 Å². The van der Waals surface area contributed by atoms with Gasteiger partial charge in [0.25, 0.3) is 5.91 Å². The second kappa shape index (κ2) is 6.57. The van der Waals surface area contributed by atoms with Gasteiger partial charge < -0.3 is 10.4 Å². The zero-order valence-electron chi connectivity index (χ0n) is 11.2. The van der Waals surface area contributed by atoms with Gasteiger partial charge in [0, 0.05) is 6.04 Å². The molecule has 0 radical (unpaired) electrons. The van der Waals surface area contributed by atoms with E-state index in [4.69, 9.17) is 16.7 Å². The summed E-state index contributed by atoms with van der Waals surface area (Å²) in [5.74, 6) is -1.24. The van der Waals surface area contributed by atoms with Crippen LogP contribution in [0.3, 0.4) is 0 Å². The minimum absolute atomic E-state index is 0.0311. The standard InChI is InChI=1S/C14H18ClNO3/c1-8(2)11(7-12(17)18)16-14(19)10-6-4-5-9(3)13(10)15/h4-6,8,11H,7H2,1-3H3,(H,16,19)(H,17,18). The molecule has 1 aromatic carbocycles. The monoisotopic (exact) mass is 283 g/mol. The maximum Gasteiger partial charge on any atom is 0.305 e. The lowest BCUT2D eigenvalue weighted by Gasteiger charge is -2.21. The lowest BCUT2D eigenvalue weighted by Crippen LogP contribution is -2.40. The van der Waals surface area contributed by atoms with Gasteiger partial charge in [-0.1, -0.05) is 37.6 Å². The number of aryl methyl sites for hydroxylation is 1. The number of benzene rings is 1. The van der Waals surface area contributed by atoms with Crippen LogP contribution in [0.4, 0.5) is 0 Å². The van der Waals surface area contributed by atoms with Crippen molar-refractivity contribution in [2.45, 2.75) is 33.2 Å². The highest BCUT2D eigenvalue weighted by Gasteiger charge is 2.21. The Hall–Kier alpha value is -1.55. The summed E-state index contributed by atoms with van der Waals surface area (Å²) in [6.07, 6.45) is -0.104. The average molecular weight is 284 g/mol. The lowest BCUT2D eigenvalue weighted by atomic mass is 10.0. The van der Waals surface area contributed by atoms with Crippen molar-refractivity contribution >= 4 is 23.5 Å². The number of carbonyl (C=O) groups is 2. The maximum atomic E-state index is 12.1. The Morgan fingerprint density at radius 1 is 1.37 bits per heavy atom. The van der Waals surface area contributed by atoms with E-state index in [9.17, 15) is 9.59 Å². The quantitative estimate of drug-likeness (QED) is 0.873. The van der Waals surface area contributed by atoms with Gasteiger partial charge in [0.2, 0.25) is 0 Å². The summed E-state index contributed by atoms with van der Waals surface area (Å²) in [6, 6.07) is 4.78. The Morgan fingerprint density at radius 3 is 2.53 bits per heavy atom. The molecule has 0 aliphatic heterocycles. The Labute approximate surface area is 117 Å². The highest BCUT2D eigenvalue weighted by molar-refractivity contribution is 6.34. The third-order valence-corrected chi connectivity index (χ3v) is 3.45. The van der Waals surface area contributed by atoms with E-state index in [1.54, 1.807) is 12.1 Å². The molecule has 1 aromatic rings. The number of carboxylic acid groups (broad SMARTS) is 1. The van der Waals surface area contributed by atoms with Crippen molar-refractivity contribution in [3.8, 4) is 0 Å². The van der Waals surface area contributed by atoms with Crippen LogP contribution in [0.25, 0.3) is 0 Å². The van der Waals surface area contributed by atoms with Gasteiger partial charge in [-0.05, 0) is 24.5 Å². The normalized spacial score (nSPS) is 12.3. The van der Waals surface area contributed by atoms with Gasteiger partial charge >= 0.3 is 5.97 Å². The summed E-state index contributed by atoms with van der Waals surface area (Å²) in [5.41, 5.74) is 1.19. The van der Waals surface area contributed by atoms with E-state index < -0.39 is 12.0 Å². The minimum atomic E-state index is -0.936. The molecule has 2 N–H and O–H groups in total. The first kappa shape index (κ1) is 15.5.